The highest BCUT2D eigenvalue weighted by atomic mass is 19.4. The Kier molecular flexibility index (Phi) is 5.55. The van der Waals surface area contributed by atoms with E-state index in [4.69, 9.17) is 0 Å². The summed E-state index contributed by atoms with van der Waals surface area (Å²) in [6.07, 6.45) is -11.6. The Labute approximate surface area is 137 Å². The molecule has 0 aromatic carbocycles. The maximum Gasteiger partial charge on any atom is 0.471 e. The van der Waals surface area contributed by atoms with Crippen molar-refractivity contribution in [1.29, 1.82) is 0 Å². The van der Waals surface area contributed by atoms with Gasteiger partial charge in [-0.3, -0.25) is 29.0 Å². The van der Waals surface area contributed by atoms with Gasteiger partial charge in [0.25, 0.3) is 11.8 Å². The minimum Gasteiger partial charge on any atom is -0.272 e. The summed E-state index contributed by atoms with van der Waals surface area (Å²) < 4.78 is 76.0. The number of rotatable bonds is 2. The third-order valence-corrected chi connectivity index (χ3v) is 3.43. The van der Waals surface area contributed by atoms with Crippen molar-refractivity contribution in [2.45, 2.75) is 51.6 Å². The van der Waals surface area contributed by atoms with Crippen LogP contribution in [0.4, 0.5) is 26.3 Å². The minimum atomic E-state index is -5.51. The predicted octanol–water partition coefficient (Wildman–Crippen LogP) is 1.64. The van der Waals surface area contributed by atoms with Gasteiger partial charge in [-0.05, 0) is 19.3 Å². The van der Waals surface area contributed by atoms with Gasteiger partial charge in [0.1, 0.15) is 12.1 Å². The quantitative estimate of drug-likeness (QED) is 0.687. The van der Waals surface area contributed by atoms with E-state index in [9.17, 15) is 45.5 Å². The van der Waals surface area contributed by atoms with Crippen molar-refractivity contribution >= 4 is 23.6 Å². The van der Waals surface area contributed by atoms with E-state index in [0.717, 1.165) is 0 Å². The third-order valence-electron chi connectivity index (χ3n) is 3.43. The number of imide groups is 2. The zero-order chi connectivity index (χ0) is 19.9. The van der Waals surface area contributed by atoms with Crippen LogP contribution >= 0.6 is 0 Å². The maximum absolute atomic E-state index is 12.7. The molecule has 1 rings (SSSR count). The van der Waals surface area contributed by atoms with E-state index in [-0.39, 0.29) is 0 Å². The number of hydrogen-bond donors (Lipinski definition) is 0. The average Bonchev–Trinajstić information content (AvgIpc) is 2.42. The summed E-state index contributed by atoms with van der Waals surface area (Å²) in [5, 5.41) is 0. The number of alkyl halides is 6. The van der Waals surface area contributed by atoms with Crippen LogP contribution in [0.1, 0.15) is 27.2 Å². The first-order valence-electron chi connectivity index (χ1n) is 6.99. The van der Waals surface area contributed by atoms with Crippen LogP contribution in [0.25, 0.3) is 0 Å². The topological polar surface area (TPSA) is 74.8 Å². The SMILES string of the molecule is CC(C)CC1C(=O)N(C(=O)C(F)(F)F)C(C)C(=O)N1C(=O)C(F)(F)F. The smallest absolute Gasteiger partial charge is 0.272 e. The lowest BCUT2D eigenvalue weighted by molar-refractivity contribution is -0.204. The Morgan fingerprint density at radius 2 is 1.32 bits per heavy atom. The van der Waals surface area contributed by atoms with E-state index in [1.807, 2.05) is 0 Å². The fraction of sp³-hybridized carbons (Fsp3) is 0.692. The number of amides is 4. The standard InChI is InChI=1S/C13H14F6N2O4/c1-5(2)4-7-9(23)20(10(24)12(14,15)16)6(3)8(22)21(7)11(25)13(17,18)19/h5-7H,4H2,1-3H3. The van der Waals surface area contributed by atoms with Crippen LogP contribution < -0.4 is 0 Å². The number of hydrogen-bond acceptors (Lipinski definition) is 4. The molecule has 0 aromatic heterocycles. The van der Waals surface area contributed by atoms with Gasteiger partial charge in [0.05, 0.1) is 0 Å². The van der Waals surface area contributed by atoms with Gasteiger partial charge < -0.3 is 0 Å². The summed E-state index contributed by atoms with van der Waals surface area (Å²) in [5.41, 5.74) is 0. The highest BCUT2D eigenvalue weighted by Crippen LogP contribution is 2.31. The second-order valence-corrected chi connectivity index (χ2v) is 5.84. The monoisotopic (exact) mass is 376 g/mol. The van der Waals surface area contributed by atoms with Crippen LogP contribution in [-0.2, 0) is 19.2 Å². The molecule has 2 unspecified atom stereocenters. The molecule has 12 heteroatoms. The summed E-state index contributed by atoms with van der Waals surface area (Å²) in [7, 11) is 0. The Balaban J connectivity index is 3.41. The molecule has 1 fully saturated rings. The lowest BCUT2D eigenvalue weighted by Gasteiger charge is -2.42. The van der Waals surface area contributed by atoms with Gasteiger partial charge in [0, 0.05) is 0 Å². The molecule has 2 atom stereocenters. The summed E-state index contributed by atoms with van der Waals surface area (Å²) >= 11 is 0. The van der Waals surface area contributed by atoms with Gasteiger partial charge in [0.2, 0.25) is 0 Å². The summed E-state index contributed by atoms with van der Waals surface area (Å²) in [4.78, 5) is 46.4. The van der Waals surface area contributed by atoms with Crippen molar-refractivity contribution in [3.8, 4) is 0 Å². The summed E-state index contributed by atoms with van der Waals surface area (Å²) in [6.45, 7) is 3.48. The number of carbonyl (C=O) groups excluding carboxylic acids is 4. The number of halogens is 6. The molecule has 1 heterocycles. The van der Waals surface area contributed by atoms with Crippen LogP contribution in [0.2, 0.25) is 0 Å². The van der Waals surface area contributed by atoms with Crippen molar-refractivity contribution in [3.63, 3.8) is 0 Å². The molecule has 0 spiro atoms. The fourth-order valence-electron chi connectivity index (χ4n) is 2.37. The molecule has 1 aliphatic rings. The number of nitrogens with zero attached hydrogens (tertiary/aromatic N) is 2. The second kappa shape index (κ2) is 6.64. The first kappa shape index (κ1) is 20.9. The van der Waals surface area contributed by atoms with Crippen molar-refractivity contribution in [1.82, 2.24) is 9.80 Å². The molecule has 0 aromatic rings. The Bertz CT molecular complexity index is 598. The van der Waals surface area contributed by atoms with Crippen LogP contribution in [0.3, 0.4) is 0 Å². The normalized spacial score (nSPS) is 22.6. The highest BCUT2D eigenvalue weighted by Gasteiger charge is 2.58. The lowest BCUT2D eigenvalue weighted by atomic mass is 9.96. The molecule has 142 valence electrons. The zero-order valence-electron chi connectivity index (χ0n) is 13.2. The first-order chi connectivity index (χ1) is 11.1. The molecule has 1 saturated heterocycles. The second-order valence-electron chi connectivity index (χ2n) is 5.84. The largest absolute Gasteiger partial charge is 0.471 e. The van der Waals surface area contributed by atoms with Crippen LogP contribution in [0.15, 0.2) is 0 Å². The molecule has 1 aliphatic heterocycles. The van der Waals surface area contributed by atoms with Crippen LogP contribution in [0, 0.1) is 5.92 Å². The molecule has 25 heavy (non-hydrogen) atoms. The summed E-state index contributed by atoms with van der Waals surface area (Å²) in [6, 6.07) is -4.35. The molecule has 0 N–H and O–H groups in total. The average molecular weight is 376 g/mol. The molecular formula is C13H14F6N2O4. The molecular weight excluding hydrogens is 362 g/mol. The van der Waals surface area contributed by atoms with Gasteiger partial charge in [-0.2, -0.15) is 26.3 Å². The molecule has 0 radical (unpaired) electrons. The van der Waals surface area contributed by atoms with E-state index < -0.39 is 70.2 Å². The molecule has 4 amide bonds. The summed E-state index contributed by atoms with van der Waals surface area (Å²) in [5.74, 6) is -9.28. The van der Waals surface area contributed by atoms with Gasteiger partial charge in [-0.25, -0.2) is 0 Å². The highest BCUT2D eigenvalue weighted by molar-refractivity contribution is 6.13. The molecule has 0 saturated carbocycles. The number of carbonyl (C=O) groups is 4. The van der Waals surface area contributed by atoms with E-state index in [1.165, 1.54) is 13.8 Å². The Hall–Kier alpha value is -2.14. The minimum absolute atomic E-state index is 0.396. The third kappa shape index (κ3) is 4.10. The lowest BCUT2D eigenvalue weighted by Crippen LogP contribution is -2.69. The molecule has 0 bridgehead atoms. The van der Waals surface area contributed by atoms with Gasteiger partial charge in [-0.15, -0.1) is 0 Å². The number of piperazine rings is 1. The van der Waals surface area contributed by atoms with E-state index in [0.29, 0.717) is 6.92 Å². The van der Waals surface area contributed by atoms with Gasteiger partial charge >= 0.3 is 24.2 Å². The Morgan fingerprint density at radius 1 is 0.920 bits per heavy atom. The van der Waals surface area contributed by atoms with E-state index >= 15 is 0 Å². The van der Waals surface area contributed by atoms with Crippen molar-refractivity contribution in [2.75, 3.05) is 0 Å². The van der Waals surface area contributed by atoms with Crippen LogP contribution in [0.5, 0.6) is 0 Å². The van der Waals surface area contributed by atoms with E-state index in [1.54, 1.807) is 0 Å². The first-order valence-corrected chi connectivity index (χ1v) is 6.99. The Morgan fingerprint density at radius 3 is 1.68 bits per heavy atom. The van der Waals surface area contributed by atoms with Gasteiger partial charge in [0.15, 0.2) is 0 Å². The molecule has 6 nitrogen and oxygen atoms in total. The predicted molar refractivity (Wildman–Crippen MR) is 68.5 cm³/mol. The van der Waals surface area contributed by atoms with E-state index in [2.05, 4.69) is 0 Å². The van der Waals surface area contributed by atoms with Crippen molar-refractivity contribution < 1.29 is 45.5 Å². The van der Waals surface area contributed by atoms with Gasteiger partial charge in [-0.1, -0.05) is 13.8 Å². The van der Waals surface area contributed by atoms with Crippen molar-refractivity contribution in [3.05, 3.63) is 0 Å². The van der Waals surface area contributed by atoms with Crippen LogP contribution in [-0.4, -0.2) is 57.9 Å². The zero-order valence-corrected chi connectivity index (χ0v) is 13.2. The maximum atomic E-state index is 12.7. The molecule has 0 aliphatic carbocycles. The van der Waals surface area contributed by atoms with Crippen molar-refractivity contribution in [2.24, 2.45) is 5.92 Å². The fourth-order valence-corrected chi connectivity index (χ4v) is 2.37.